The Balaban J connectivity index is 1.97. The maximum absolute atomic E-state index is 5.96. The number of thioether (sulfide) groups is 1. The normalized spacial score (nSPS) is 39.4. The summed E-state index contributed by atoms with van der Waals surface area (Å²) in [7, 11) is 0. The lowest BCUT2D eigenvalue weighted by atomic mass is 9.91. The van der Waals surface area contributed by atoms with Crippen LogP contribution in [0, 0.1) is 0 Å². The van der Waals surface area contributed by atoms with E-state index in [1.807, 2.05) is 0 Å². The van der Waals surface area contributed by atoms with Crippen LogP contribution in [0.3, 0.4) is 0 Å². The molecule has 2 rings (SSSR count). The van der Waals surface area contributed by atoms with Gasteiger partial charge in [-0.25, -0.2) is 0 Å². The van der Waals surface area contributed by atoms with Crippen molar-refractivity contribution in [2.45, 2.75) is 55.9 Å². The fourth-order valence-corrected chi connectivity index (χ4v) is 4.21. The lowest BCUT2D eigenvalue weighted by Gasteiger charge is -2.36. The van der Waals surface area contributed by atoms with Crippen LogP contribution in [0.25, 0.3) is 0 Å². The maximum Gasteiger partial charge on any atom is 0.0431 e. The molecular weight excluding hydrogens is 192 g/mol. The molecule has 1 saturated carbocycles. The second kappa shape index (κ2) is 4.42. The minimum absolute atomic E-state index is 0.250. The number of nitrogens with two attached hydrogens (primary N) is 1. The summed E-state index contributed by atoms with van der Waals surface area (Å²) in [5, 5.41) is 4.53. The van der Waals surface area contributed by atoms with Crippen molar-refractivity contribution in [3.05, 3.63) is 0 Å². The number of nitrogens with one attached hydrogen (secondary N) is 1. The van der Waals surface area contributed by atoms with Gasteiger partial charge < -0.3 is 11.1 Å². The number of rotatable bonds is 3. The average Bonchev–Trinajstić information content (AvgIpc) is 2.79. The molecule has 1 aliphatic heterocycles. The second-order valence-corrected chi connectivity index (χ2v) is 6.20. The third-order valence-electron chi connectivity index (χ3n) is 3.91. The summed E-state index contributed by atoms with van der Waals surface area (Å²) in [6.07, 6.45) is 6.78. The van der Waals surface area contributed by atoms with Gasteiger partial charge in [0, 0.05) is 23.4 Å². The summed E-state index contributed by atoms with van der Waals surface area (Å²) in [5.74, 6) is 1.28. The molecular formula is C11H22N2S. The van der Waals surface area contributed by atoms with Crippen LogP contribution in [0.2, 0.25) is 0 Å². The van der Waals surface area contributed by atoms with Crippen molar-refractivity contribution in [1.29, 1.82) is 0 Å². The van der Waals surface area contributed by atoms with E-state index in [1.165, 1.54) is 37.9 Å². The topological polar surface area (TPSA) is 38.0 Å². The van der Waals surface area contributed by atoms with Crippen molar-refractivity contribution in [1.82, 2.24) is 5.32 Å². The van der Waals surface area contributed by atoms with Gasteiger partial charge in [0.1, 0.15) is 0 Å². The van der Waals surface area contributed by atoms with E-state index in [0.29, 0.717) is 5.25 Å². The van der Waals surface area contributed by atoms with Crippen molar-refractivity contribution in [3.8, 4) is 0 Å². The van der Waals surface area contributed by atoms with E-state index in [0.717, 1.165) is 12.6 Å². The van der Waals surface area contributed by atoms with Gasteiger partial charge in [-0.05, 0) is 25.0 Å². The summed E-state index contributed by atoms with van der Waals surface area (Å²) in [4.78, 5) is 0. The molecule has 3 heteroatoms. The molecule has 0 bridgehead atoms. The van der Waals surface area contributed by atoms with Crippen LogP contribution in [0.1, 0.15) is 39.0 Å². The van der Waals surface area contributed by atoms with Gasteiger partial charge in [0.05, 0.1) is 0 Å². The van der Waals surface area contributed by atoms with Gasteiger partial charge in [-0.15, -0.1) is 0 Å². The maximum atomic E-state index is 5.96. The van der Waals surface area contributed by atoms with Crippen molar-refractivity contribution in [2.24, 2.45) is 5.73 Å². The van der Waals surface area contributed by atoms with Gasteiger partial charge in [0.25, 0.3) is 0 Å². The first-order valence-electron chi connectivity index (χ1n) is 5.86. The fourth-order valence-electron chi connectivity index (χ4n) is 2.77. The molecule has 3 N–H and O–H groups in total. The predicted molar refractivity (Wildman–Crippen MR) is 63.7 cm³/mol. The predicted octanol–water partition coefficient (Wildman–Crippen LogP) is 1.74. The first kappa shape index (κ1) is 10.8. The molecule has 0 spiro atoms. The molecule has 2 atom stereocenters. The van der Waals surface area contributed by atoms with Crippen molar-refractivity contribution < 1.29 is 0 Å². The van der Waals surface area contributed by atoms with Crippen LogP contribution in [0.15, 0.2) is 0 Å². The monoisotopic (exact) mass is 214 g/mol. The fraction of sp³-hybridized carbons (Fsp3) is 1.00. The molecule has 2 aliphatic rings. The van der Waals surface area contributed by atoms with Crippen molar-refractivity contribution in [3.63, 3.8) is 0 Å². The van der Waals surface area contributed by atoms with Gasteiger partial charge >= 0.3 is 0 Å². The Kier molecular flexibility index (Phi) is 3.40. The highest BCUT2D eigenvalue weighted by Gasteiger charge is 2.41. The summed E-state index contributed by atoms with van der Waals surface area (Å²) < 4.78 is 0. The van der Waals surface area contributed by atoms with E-state index in [4.69, 9.17) is 5.73 Å². The highest BCUT2D eigenvalue weighted by atomic mass is 32.2. The molecule has 1 saturated heterocycles. The Morgan fingerprint density at radius 2 is 2.14 bits per heavy atom. The lowest BCUT2D eigenvalue weighted by molar-refractivity contribution is 0.292. The van der Waals surface area contributed by atoms with Crippen molar-refractivity contribution in [2.75, 3.05) is 12.3 Å². The van der Waals surface area contributed by atoms with Crippen LogP contribution in [-0.2, 0) is 0 Å². The van der Waals surface area contributed by atoms with Crippen LogP contribution in [0.4, 0.5) is 0 Å². The summed E-state index contributed by atoms with van der Waals surface area (Å²) >= 11 is 2.07. The molecule has 14 heavy (non-hydrogen) atoms. The Bertz CT molecular complexity index is 192. The molecule has 1 heterocycles. The van der Waals surface area contributed by atoms with E-state index in [2.05, 4.69) is 24.0 Å². The zero-order chi connectivity index (χ0) is 10.0. The Morgan fingerprint density at radius 1 is 1.43 bits per heavy atom. The smallest absolute Gasteiger partial charge is 0.0431 e. The lowest BCUT2D eigenvalue weighted by Crippen LogP contribution is -2.58. The highest BCUT2D eigenvalue weighted by molar-refractivity contribution is 8.00. The van der Waals surface area contributed by atoms with Gasteiger partial charge in [0.2, 0.25) is 0 Å². The zero-order valence-electron chi connectivity index (χ0n) is 9.09. The van der Waals surface area contributed by atoms with E-state index in [9.17, 15) is 0 Å². The average molecular weight is 214 g/mol. The molecule has 0 aromatic heterocycles. The molecule has 2 nitrogen and oxygen atoms in total. The van der Waals surface area contributed by atoms with Crippen LogP contribution in [-0.4, -0.2) is 29.1 Å². The molecule has 0 aromatic carbocycles. The van der Waals surface area contributed by atoms with E-state index >= 15 is 0 Å². The van der Waals surface area contributed by atoms with Gasteiger partial charge in [0.15, 0.2) is 0 Å². The standard InChI is InChI=1S/C11H22N2S/c1-9-11(8-12,6-7-14-9)13-10-4-2-3-5-10/h9-10,13H,2-8,12H2,1H3. The van der Waals surface area contributed by atoms with Gasteiger partial charge in [-0.3, -0.25) is 0 Å². The van der Waals surface area contributed by atoms with E-state index in [1.54, 1.807) is 0 Å². The summed E-state index contributed by atoms with van der Waals surface area (Å²) in [5.41, 5.74) is 6.21. The van der Waals surface area contributed by atoms with E-state index < -0.39 is 0 Å². The van der Waals surface area contributed by atoms with E-state index in [-0.39, 0.29) is 5.54 Å². The Morgan fingerprint density at radius 3 is 2.64 bits per heavy atom. The third kappa shape index (κ3) is 1.95. The van der Waals surface area contributed by atoms with Crippen LogP contribution >= 0.6 is 11.8 Å². The third-order valence-corrected chi connectivity index (χ3v) is 5.30. The first-order valence-corrected chi connectivity index (χ1v) is 6.91. The molecule has 0 aromatic rings. The van der Waals surface area contributed by atoms with Crippen molar-refractivity contribution >= 4 is 11.8 Å². The number of hydrogen-bond donors (Lipinski definition) is 2. The summed E-state index contributed by atoms with van der Waals surface area (Å²) in [6.45, 7) is 3.13. The molecule has 2 fully saturated rings. The molecule has 0 amide bonds. The minimum atomic E-state index is 0.250. The highest BCUT2D eigenvalue weighted by Crippen LogP contribution is 2.36. The number of hydrogen-bond acceptors (Lipinski definition) is 3. The second-order valence-electron chi connectivity index (χ2n) is 4.75. The van der Waals surface area contributed by atoms with Crippen LogP contribution < -0.4 is 11.1 Å². The largest absolute Gasteiger partial charge is 0.329 e. The molecule has 2 unspecified atom stereocenters. The first-order chi connectivity index (χ1) is 6.77. The molecule has 82 valence electrons. The SMILES string of the molecule is CC1SCCC1(CN)NC1CCCC1. The van der Waals surface area contributed by atoms with Crippen LogP contribution in [0.5, 0.6) is 0 Å². The molecule has 0 radical (unpaired) electrons. The summed E-state index contributed by atoms with van der Waals surface area (Å²) in [6, 6.07) is 0.750. The molecule has 1 aliphatic carbocycles. The van der Waals surface area contributed by atoms with Gasteiger partial charge in [-0.1, -0.05) is 19.8 Å². The quantitative estimate of drug-likeness (QED) is 0.751. The van der Waals surface area contributed by atoms with Gasteiger partial charge in [-0.2, -0.15) is 11.8 Å². The zero-order valence-corrected chi connectivity index (χ0v) is 9.91. The Labute approximate surface area is 91.4 Å². The Hall–Kier alpha value is 0.270. The minimum Gasteiger partial charge on any atom is -0.329 e.